The minimum absolute atomic E-state index is 0.144. The molecule has 7 nitrogen and oxygen atoms in total. The van der Waals surface area contributed by atoms with Gasteiger partial charge in [0, 0.05) is 10.9 Å². The van der Waals surface area contributed by atoms with E-state index in [2.05, 4.69) is 21.6 Å². The first kappa shape index (κ1) is 17.5. The van der Waals surface area contributed by atoms with Crippen molar-refractivity contribution in [3.8, 4) is 5.75 Å². The highest BCUT2D eigenvalue weighted by Crippen LogP contribution is 2.21. The fourth-order valence-electron chi connectivity index (χ4n) is 2.85. The second kappa shape index (κ2) is 6.99. The summed E-state index contributed by atoms with van der Waals surface area (Å²) < 4.78 is 19.6. The fourth-order valence-corrected chi connectivity index (χ4v) is 2.85. The molecule has 2 aromatic carbocycles. The molecular weight excluding hydrogens is 363 g/mol. The molecule has 0 atom stereocenters. The van der Waals surface area contributed by atoms with Crippen LogP contribution in [0.4, 0.5) is 4.39 Å². The van der Waals surface area contributed by atoms with E-state index < -0.39 is 17.1 Å². The summed E-state index contributed by atoms with van der Waals surface area (Å²) in [5.41, 5.74) is 0.268. The van der Waals surface area contributed by atoms with Crippen molar-refractivity contribution in [2.24, 2.45) is 5.10 Å². The smallest absolute Gasteiger partial charge is 0.350 e. The maximum absolute atomic E-state index is 13.5. The number of ether oxygens (including phenoxy) is 1. The Bertz CT molecular complexity index is 1330. The summed E-state index contributed by atoms with van der Waals surface area (Å²) in [5, 5.41) is 4.42. The molecule has 0 aliphatic carbocycles. The number of aromatic amines is 2. The van der Waals surface area contributed by atoms with Crippen LogP contribution in [0.1, 0.15) is 5.56 Å². The van der Waals surface area contributed by atoms with Gasteiger partial charge in [0.2, 0.25) is 0 Å². The Kier molecular flexibility index (Phi) is 4.36. The molecule has 0 amide bonds. The normalized spacial score (nSPS) is 11.5. The molecule has 4 rings (SSSR count). The van der Waals surface area contributed by atoms with Crippen molar-refractivity contribution in [3.05, 3.63) is 87.3 Å². The number of halogens is 1. The second-order valence-corrected chi connectivity index (χ2v) is 6.03. The van der Waals surface area contributed by atoms with Gasteiger partial charge in [0.15, 0.2) is 0 Å². The van der Waals surface area contributed by atoms with E-state index in [-0.39, 0.29) is 11.0 Å². The lowest BCUT2D eigenvalue weighted by Gasteiger charge is -2.02. The fraction of sp³-hybridized carbons (Fsp3) is 0.0500. The maximum atomic E-state index is 13.5. The Labute approximate surface area is 157 Å². The first-order chi connectivity index (χ1) is 13.6. The number of H-pyrrole nitrogens is 2. The SMILES string of the molecule is C=CCOc1ccc(C=Nn2c(=O)[nH]c3c([nH]c4ccc(F)cc43)c2=O)cc1. The summed E-state index contributed by atoms with van der Waals surface area (Å²) in [4.78, 5) is 30.5. The molecule has 0 saturated heterocycles. The highest BCUT2D eigenvalue weighted by Gasteiger charge is 2.13. The highest BCUT2D eigenvalue weighted by molar-refractivity contribution is 6.04. The average Bonchev–Trinajstić information content (AvgIpc) is 3.05. The minimum atomic E-state index is -0.718. The molecule has 0 unspecified atom stereocenters. The largest absolute Gasteiger partial charge is 0.490 e. The van der Waals surface area contributed by atoms with Crippen LogP contribution >= 0.6 is 0 Å². The van der Waals surface area contributed by atoms with Crippen LogP contribution in [0.3, 0.4) is 0 Å². The first-order valence-electron chi connectivity index (χ1n) is 8.41. The molecule has 0 spiro atoms. The van der Waals surface area contributed by atoms with Crippen LogP contribution in [0.15, 0.2) is 69.8 Å². The zero-order valence-electron chi connectivity index (χ0n) is 14.6. The van der Waals surface area contributed by atoms with Gasteiger partial charge in [-0.1, -0.05) is 12.7 Å². The van der Waals surface area contributed by atoms with Crippen molar-refractivity contribution in [3.63, 3.8) is 0 Å². The number of nitrogens with one attached hydrogen (secondary N) is 2. The van der Waals surface area contributed by atoms with Gasteiger partial charge in [0.25, 0.3) is 0 Å². The molecule has 0 aliphatic heterocycles. The van der Waals surface area contributed by atoms with Crippen molar-refractivity contribution in [1.82, 2.24) is 14.6 Å². The molecule has 0 fully saturated rings. The summed E-state index contributed by atoms with van der Waals surface area (Å²) in [6.45, 7) is 3.98. The van der Waals surface area contributed by atoms with Gasteiger partial charge in [-0.3, -0.25) is 4.79 Å². The number of rotatable bonds is 5. The van der Waals surface area contributed by atoms with Gasteiger partial charge in [-0.2, -0.15) is 5.10 Å². The van der Waals surface area contributed by atoms with Crippen molar-refractivity contribution in [2.75, 3.05) is 6.61 Å². The van der Waals surface area contributed by atoms with E-state index in [1.165, 1.54) is 24.4 Å². The predicted molar refractivity (Wildman–Crippen MR) is 106 cm³/mol. The monoisotopic (exact) mass is 378 g/mol. The summed E-state index contributed by atoms with van der Waals surface area (Å²) >= 11 is 0. The van der Waals surface area contributed by atoms with Gasteiger partial charge in [-0.15, -0.1) is 4.68 Å². The number of hydrogen-bond acceptors (Lipinski definition) is 4. The molecule has 0 aliphatic rings. The van der Waals surface area contributed by atoms with Crippen molar-refractivity contribution < 1.29 is 9.13 Å². The van der Waals surface area contributed by atoms with Crippen LogP contribution in [0.5, 0.6) is 5.75 Å². The summed E-state index contributed by atoms with van der Waals surface area (Å²) in [5.74, 6) is 0.204. The van der Waals surface area contributed by atoms with Gasteiger partial charge in [-0.05, 0) is 48.0 Å². The van der Waals surface area contributed by atoms with E-state index in [0.29, 0.717) is 28.8 Å². The molecule has 140 valence electrons. The van der Waals surface area contributed by atoms with Crippen molar-refractivity contribution >= 4 is 28.2 Å². The lowest BCUT2D eigenvalue weighted by molar-refractivity contribution is 0.363. The van der Waals surface area contributed by atoms with E-state index >= 15 is 0 Å². The summed E-state index contributed by atoms with van der Waals surface area (Å²) in [7, 11) is 0. The Morgan fingerprint density at radius 1 is 1.11 bits per heavy atom. The third kappa shape index (κ3) is 3.11. The predicted octanol–water partition coefficient (Wildman–Crippen LogP) is 2.76. The van der Waals surface area contributed by atoms with Gasteiger partial charge in [0.05, 0.1) is 11.7 Å². The van der Waals surface area contributed by atoms with E-state index in [1.807, 2.05) is 0 Å². The molecule has 8 heteroatoms. The lowest BCUT2D eigenvalue weighted by atomic mass is 10.2. The maximum Gasteiger partial charge on any atom is 0.350 e. The Hall–Kier alpha value is -3.94. The number of nitrogens with zero attached hydrogens (tertiary/aromatic N) is 2. The molecule has 0 bridgehead atoms. The molecule has 2 aromatic heterocycles. The lowest BCUT2D eigenvalue weighted by Crippen LogP contribution is -2.32. The Morgan fingerprint density at radius 3 is 2.64 bits per heavy atom. The van der Waals surface area contributed by atoms with Crippen LogP contribution in [0, 0.1) is 5.82 Å². The molecular formula is C20H15FN4O3. The van der Waals surface area contributed by atoms with Gasteiger partial charge in [0.1, 0.15) is 23.7 Å². The third-order valence-electron chi connectivity index (χ3n) is 4.16. The Balaban J connectivity index is 1.73. The van der Waals surface area contributed by atoms with Crippen molar-refractivity contribution in [2.45, 2.75) is 0 Å². The topological polar surface area (TPSA) is 92.2 Å². The van der Waals surface area contributed by atoms with E-state index in [4.69, 9.17) is 4.74 Å². The molecule has 0 saturated carbocycles. The van der Waals surface area contributed by atoms with Crippen LogP contribution in [-0.4, -0.2) is 27.5 Å². The van der Waals surface area contributed by atoms with Gasteiger partial charge >= 0.3 is 11.2 Å². The van der Waals surface area contributed by atoms with Crippen LogP contribution < -0.4 is 16.0 Å². The molecule has 2 N–H and O–H groups in total. The van der Waals surface area contributed by atoms with Crippen LogP contribution in [-0.2, 0) is 0 Å². The van der Waals surface area contributed by atoms with Crippen LogP contribution in [0.25, 0.3) is 21.9 Å². The number of aromatic nitrogens is 3. The number of benzene rings is 2. The van der Waals surface area contributed by atoms with Gasteiger partial charge in [-0.25, -0.2) is 9.18 Å². The molecule has 4 aromatic rings. The average molecular weight is 378 g/mol. The minimum Gasteiger partial charge on any atom is -0.490 e. The highest BCUT2D eigenvalue weighted by atomic mass is 19.1. The van der Waals surface area contributed by atoms with Gasteiger partial charge < -0.3 is 14.7 Å². The molecule has 0 radical (unpaired) electrons. The number of fused-ring (bicyclic) bond motifs is 3. The zero-order chi connectivity index (χ0) is 19.7. The quantitative estimate of drug-likeness (QED) is 0.413. The Morgan fingerprint density at radius 2 is 1.89 bits per heavy atom. The molecule has 2 heterocycles. The van der Waals surface area contributed by atoms with E-state index in [9.17, 15) is 14.0 Å². The van der Waals surface area contributed by atoms with E-state index in [1.54, 1.807) is 30.3 Å². The van der Waals surface area contributed by atoms with Crippen molar-refractivity contribution in [1.29, 1.82) is 0 Å². The third-order valence-corrected chi connectivity index (χ3v) is 4.16. The number of hydrogen-bond donors (Lipinski definition) is 2. The van der Waals surface area contributed by atoms with Crippen LogP contribution in [0.2, 0.25) is 0 Å². The zero-order valence-corrected chi connectivity index (χ0v) is 14.6. The second-order valence-electron chi connectivity index (χ2n) is 6.03. The summed E-state index contributed by atoms with van der Waals surface area (Å²) in [6, 6.07) is 11.0. The van der Waals surface area contributed by atoms with E-state index in [0.717, 1.165) is 4.68 Å². The molecule has 28 heavy (non-hydrogen) atoms. The standard InChI is InChI=1S/C20H15FN4O3/c1-2-9-28-14-6-3-12(4-7-14)11-22-25-19(26)18-17(24-20(25)27)15-10-13(21)5-8-16(15)23-18/h2-8,10-11,23H,1,9H2,(H,24,27). The first-order valence-corrected chi connectivity index (χ1v) is 8.41. The summed E-state index contributed by atoms with van der Waals surface area (Å²) in [6.07, 6.45) is 3.03.